The van der Waals surface area contributed by atoms with E-state index in [4.69, 9.17) is 0 Å². The lowest BCUT2D eigenvalue weighted by Gasteiger charge is -2.40. The molecule has 0 radical (unpaired) electrons. The number of rotatable bonds is 16. The van der Waals surface area contributed by atoms with Crippen LogP contribution in [0.25, 0.3) is 0 Å². The van der Waals surface area contributed by atoms with Crippen LogP contribution in [0, 0.1) is 5.92 Å². The van der Waals surface area contributed by atoms with Crippen LogP contribution in [0.3, 0.4) is 0 Å². The number of nitrogens with zero attached hydrogens (tertiary/aromatic N) is 1. The Labute approximate surface area is 148 Å². The van der Waals surface area contributed by atoms with Gasteiger partial charge in [0, 0.05) is 5.54 Å². The molecule has 0 atom stereocenters. The van der Waals surface area contributed by atoms with Gasteiger partial charge in [-0.1, -0.05) is 90.9 Å². The fourth-order valence-electron chi connectivity index (χ4n) is 3.56. The van der Waals surface area contributed by atoms with Crippen LogP contribution in [0.5, 0.6) is 0 Å². The monoisotopic (exact) mass is 325 g/mol. The molecule has 23 heavy (non-hydrogen) atoms. The van der Waals surface area contributed by atoms with Crippen LogP contribution in [-0.2, 0) is 0 Å². The summed E-state index contributed by atoms with van der Waals surface area (Å²) in [6.07, 6.45) is 19.9. The summed E-state index contributed by atoms with van der Waals surface area (Å²) < 4.78 is 0. The second-order valence-electron chi connectivity index (χ2n) is 8.36. The van der Waals surface area contributed by atoms with Gasteiger partial charge in [-0.25, -0.2) is 0 Å². The predicted octanol–water partition coefficient (Wildman–Crippen LogP) is 7.44. The summed E-state index contributed by atoms with van der Waals surface area (Å²) >= 11 is 0. The second kappa shape index (κ2) is 14.3. The molecule has 0 aromatic heterocycles. The summed E-state index contributed by atoms with van der Waals surface area (Å²) in [5.41, 5.74) is 0.340. The zero-order chi connectivity index (χ0) is 17.6. The van der Waals surface area contributed by atoms with E-state index in [1.165, 1.54) is 89.9 Å². The summed E-state index contributed by atoms with van der Waals surface area (Å²) in [5, 5.41) is 0. The van der Waals surface area contributed by atoms with Crippen molar-refractivity contribution in [2.24, 2.45) is 5.92 Å². The standard InChI is InChI=1S/C22H47N/c1-7-9-11-13-15-17-19-21(22(3,4)23(5)6)20-18-16-14-12-10-8-2/h21H,7-20H2,1-6H3. The SMILES string of the molecule is CCCCCCCCC(CCCCCCCC)C(C)(C)N(C)C. The molecule has 0 unspecified atom stereocenters. The molecule has 0 rings (SSSR count). The van der Waals surface area contributed by atoms with Gasteiger partial charge in [-0.2, -0.15) is 0 Å². The molecule has 0 N–H and O–H groups in total. The zero-order valence-corrected chi connectivity index (χ0v) is 17.4. The molecule has 0 aliphatic carbocycles. The molecule has 0 aliphatic heterocycles. The van der Waals surface area contributed by atoms with Gasteiger partial charge < -0.3 is 4.90 Å². The minimum Gasteiger partial charge on any atom is -0.304 e. The van der Waals surface area contributed by atoms with Gasteiger partial charge in [0.25, 0.3) is 0 Å². The molecule has 0 heterocycles. The molecule has 1 heteroatoms. The molecule has 0 aliphatic rings. The van der Waals surface area contributed by atoms with Crippen molar-refractivity contribution >= 4 is 0 Å². The molecule has 0 aromatic carbocycles. The van der Waals surface area contributed by atoms with E-state index in [0.717, 1.165) is 5.92 Å². The molecule has 0 fully saturated rings. The Balaban J connectivity index is 4.10. The highest BCUT2D eigenvalue weighted by Crippen LogP contribution is 2.32. The summed E-state index contributed by atoms with van der Waals surface area (Å²) in [6.45, 7) is 9.50. The van der Waals surface area contributed by atoms with Gasteiger partial charge in [0.05, 0.1) is 0 Å². The van der Waals surface area contributed by atoms with Crippen LogP contribution in [0.1, 0.15) is 118 Å². The fourth-order valence-corrected chi connectivity index (χ4v) is 3.56. The lowest BCUT2D eigenvalue weighted by Crippen LogP contribution is -2.45. The first-order valence-electron chi connectivity index (χ1n) is 10.6. The van der Waals surface area contributed by atoms with E-state index in [1.54, 1.807) is 0 Å². The summed E-state index contributed by atoms with van der Waals surface area (Å²) in [7, 11) is 4.52. The van der Waals surface area contributed by atoms with Crippen LogP contribution < -0.4 is 0 Å². The van der Waals surface area contributed by atoms with Crippen molar-refractivity contribution in [3.63, 3.8) is 0 Å². The number of hydrogen-bond donors (Lipinski definition) is 0. The van der Waals surface area contributed by atoms with Crippen LogP contribution in [0.15, 0.2) is 0 Å². The molecule has 0 bridgehead atoms. The van der Waals surface area contributed by atoms with Crippen molar-refractivity contribution in [1.29, 1.82) is 0 Å². The van der Waals surface area contributed by atoms with Crippen LogP contribution in [-0.4, -0.2) is 24.5 Å². The van der Waals surface area contributed by atoms with Crippen LogP contribution in [0.4, 0.5) is 0 Å². The highest BCUT2D eigenvalue weighted by molar-refractivity contribution is 4.85. The maximum atomic E-state index is 2.45. The molecule has 0 aromatic rings. The van der Waals surface area contributed by atoms with E-state index >= 15 is 0 Å². The van der Waals surface area contributed by atoms with Gasteiger partial charge in [0.2, 0.25) is 0 Å². The van der Waals surface area contributed by atoms with Gasteiger partial charge in [-0.05, 0) is 46.7 Å². The predicted molar refractivity (Wildman–Crippen MR) is 107 cm³/mol. The lowest BCUT2D eigenvalue weighted by atomic mass is 9.79. The van der Waals surface area contributed by atoms with Gasteiger partial charge in [0.1, 0.15) is 0 Å². The topological polar surface area (TPSA) is 3.24 Å². The van der Waals surface area contributed by atoms with E-state index in [9.17, 15) is 0 Å². The molecule has 0 saturated carbocycles. The maximum absolute atomic E-state index is 2.45. The van der Waals surface area contributed by atoms with Crippen LogP contribution >= 0.6 is 0 Å². The minimum absolute atomic E-state index is 0.340. The van der Waals surface area contributed by atoms with E-state index in [0.29, 0.717) is 5.54 Å². The third kappa shape index (κ3) is 11.2. The highest BCUT2D eigenvalue weighted by Gasteiger charge is 2.30. The first kappa shape index (κ1) is 23.0. The van der Waals surface area contributed by atoms with Crippen molar-refractivity contribution in [3.05, 3.63) is 0 Å². The molecule has 0 spiro atoms. The average Bonchev–Trinajstić information content (AvgIpc) is 2.51. The van der Waals surface area contributed by atoms with Crippen molar-refractivity contribution in [3.8, 4) is 0 Å². The third-order valence-electron chi connectivity index (χ3n) is 5.96. The summed E-state index contributed by atoms with van der Waals surface area (Å²) in [6, 6.07) is 0. The van der Waals surface area contributed by atoms with E-state index < -0.39 is 0 Å². The summed E-state index contributed by atoms with van der Waals surface area (Å²) in [4.78, 5) is 2.45. The largest absolute Gasteiger partial charge is 0.304 e. The Morgan fingerprint density at radius 1 is 0.609 bits per heavy atom. The Kier molecular flexibility index (Phi) is 14.3. The van der Waals surface area contributed by atoms with Crippen molar-refractivity contribution in [2.45, 2.75) is 123 Å². The smallest absolute Gasteiger partial charge is 0.0175 e. The molecule has 0 amide bonds. The zero-order valence-electron chi connectivity index (χ0n) is 17.4. The first-order chi connectivity index (χ1) is 11.0. The van der Waals surface area contributed by atoms with Gasteiger partial charge >= 0.3 is 0 Å². The van der Waals surface area contributed by atoms with Crippen LogP contribution in [0.2, 0.25) is 0 Å². The normalized spacial score (nSPS) is 12.5. The fraction of sp³-hybridized carbons (Fsp3) is 1.00. The third-order valence-corrected chi connectivity index (χ3v) is 5.96. The number of hydrogen-bond acceptors (Lipinski definition) is 1. The van der Waals surface area contributed by atoms with E-state index in [1.807, 2.05) is 0 Å². The lowest BCUT2D eigenvalue weighted by molar-refractivity contribution is 0.0990. The molecule has 0 saturated heterocycles. The molecule has 140 valence electrons. The van der Waals surface area contributed by atoms with Crippen molar-refractivity contribution in [2.75, 3.05) is 14.1 Å². The molecule has 1 nitrogen and oxygen atoms in total. The Hall–Kier alpha value is -0.0400. The van der Waals surface area contributed by atoms with E-state index in [2.05, 4.69) is 46.7 Å². The quantitative estimate of drug-likeness (QED) is 0.266. The van der Waals surface area contributed by atoms with E-state index in [-0.39, 0.29) is 0 Å². The molecular weight excluding hydrogens is 278 g/mol. The van der Waals surface area contributed by atoms with Crippen molar-refractivity contribution < 1.29 is 0 Å². The van der Waals surface area contributed by atoms with Gasteiger partial charge in [-0.3, -0.25) is 0 Å². The Bertz CT molecular complexity index is 228. The Morgan fingerprint density at radius 2 is 0.957 bits per heavy atom. The van der Waals surface area contributed by atoms with Crippen molar-refractivity contribution in [1.82, 2.24) is 4.90 Å². The number of unbranched alkanes of at least 4 members (excludes halogenated alkanes) is 10. The minimum atomic E-state index is 0.340. The summed E-state index contributed by atoms with van der Waals surface area (Å²) in [5.74, 6) is 0.856. The maximum Gasteiger partial charge on any atom is 0.0175 e. The first-order valence-corrected chi connectivity index (χ1v) is 10.6. The van der Waals surface area contributed by atoms with Gasteiger partial charge in [0.15, 0.2) is 0 Å². The average molecular weight is 326 g/mol. The Morgan fingerprint density at radius 3 is 1.30 bits per heavy atom. The second-order valence-corrected chi connectivity index (χ2v) is 8.36. The van der Waals surface area contributed by atoms with Gasteiger partial charge in [-0.15, -0.1) is 0 Å². The molecular formula is C22H47N. The highest BCUT2D eigenvalue weighted by atomic mass is 15.1.